The molecule has 2 saturated heterocycles. The molecule has 15 nitrogen and oxygen atoms in total. The standard InChI is InChI=1S/C34H47N6OS2.C14H17ClN4O2.C4H7FO.CH4O.K/c1-25-31(42-24-37-25)29-13-11-26(12-14-29)21-36-30-10-7-15-40(30)33(41)32(35-4)34(2,3)43-23-28-9-6-8-27(20-28)22-39-18-16-38(5)17-19-39;1-16-7-11(15)14(17-2)19-9-18-12-5-4-10(8-20)6-13(12)21-3;1-4(2,5)3-6;1-2;/h6,8-9,11-14,20,24,30,32,35H,7,10,15-19,21-23H2,1-5H3;4-8,18H,1,9H2,2-3H3,(H,17,19);3H,1-2H3;2H,1H3;/q-1;;;;+1/b;11-7+;;;/t30-,32+;;;;/m0..../s1. The predicted octanol–water partition coefficient (Wildman–Crippen LogP) is 5.81. The number of methoxy groups -OCH3 is 1. The molecule has 0 spiro atoms. The SMILES string of the molecule is C=N/C=C(/Cl)C(=NC)NCNc1ccc(C=O)cc1OC.CC(C)(F)C=O.CN[C@H](C(=O)N1CCC[C@H]1[N-]Cc1ccc(-c2scnc2C)cc1)C(C)(C)SCc1cccc(CN2CCN(C)CC2)c1.CO.[K+]. The first-order valence-electron chi connectivity index (χ1n) is 23.7. The number of piperazine rings is 1. The van der Waals surface area contributed by atoms with Crippen LogP contribution >= 0.6 is 34.7 Å². The Hall–Kier alpha value is -3.41. The van der Waals surface area contributed by atoms with Crippen LogP contribution in [0.1, 0.15) is 73.3 Å². The van der Waals surface area contributed by atoms with E-state index in [2.05, 4.69) is 117 Å². The minimum absolute atomic E-state index is 0. The van der Waals surface area contributed by atoms with Crippen LogP contribution in [0.2, 0.25) is 0 Å². The summed E-state index contributed by atoms with van der Waals surface area (Å²) in [6.45, 7) is 19.4. The van der Waals surface area contributed by atoms with Crippen LogP contribution < -0.4 is 72.1 Å². The third-order valence-corrected chi connectivity index (χ3v) is 14.3. The summed E-state index contributed by atoms with van der Waals surface area (Å²) < 4.78 is 16.7. The molecule has 3 heterocycles. The molecule has 3 aromatic carbocycles. The van der Waals surface area contributed by atoms with Crippen LogP contribution in [0, 0.1) is 6.92 Å². The number of nitrogens with zero attached hydrogens (tertiary/aromatic N) is 7. The fourth-order valence-corrected chi connectivity index (χ4v) is 9.81. The number of hydrogen-bond donors (Lipinski definition) is 4. The molecule has 2 aliphatic rings. The number of amidine groups is 1. The number of thiazole rings is 1. The van der Waals surface area contributed by atoms with Gasteiger partial charge < -0.3 is 40.9 Å². The van der Waals surface area contributed by atoms with Crippen molar-refractivity contribution in [1.29, 1.82) is 0 Å². The molecule has 2 atom stereocenters. The maximum atomic E-state index is 13.9. The topological polar surface area (TPSA) is 178 Å². The number of benzene rings is 3. The molecule has 1 amide bonds. The predicted molar refractivity (Wildman–Crippen MR) is 298 cm³/mol. The number of carbonyl (C=O) groups excluding carboxylic acids is 3. The summed E-state index contributed by atoms with van der Waals surface area (Å²) in [5.41, 5.74) is 7.66. The number of aromatic nitrogens is 1. The van der Waals surface area contributed by atoms with Gasteiger partial charge in [0.1, 0.15) is 28.9 Å². The van der Waals surface area contributed by atoms with Crippen molar-refractivity contribution in [2.45, 2.75) is 88.9 Å². The van der Waals surface area contributed by atoms with Gasteiger partial charge in [0.15, 0.2) is 12.0 Å². The number of halogens is 2. The molecule has 0 bridgehead atoms. The Morgan fingerprint density at radius 2 is 1.73 bits per heavy atom. The van der Waals surface area contributed by atoms with Crippen molar-refractivity contribution in [3.8, 4) is 16.2 Å². The largest absolute Gasteiger partial charge is 1.00 e. The van der Waals surface area contributed by atoms with Gasteiger partial charge >= 0.3 is 51.4 Å². The second-order valence-corrected chi connectivity index (χ2v) is 20.9. The number of thioether (sulfide) groups is 1. The van der Waals surface area contributed by atoms with E-state index in [-0.39, 0.29) is 80.5 Å². The molecule has 0 saturated carbocycles. The van der Waals surface area contributed by atoms with E-state index in [1.165, 1.54) is 54.3 Å². The normalized spacial score (nSPS) is 15.7. The Balaban J connectivity index is 0.000000508. The Morgan fingerprint density at radius 1 is 1.05 bits per heavy atom. The van der Waals surface area contributed by atoms with Crippen molar-refractivity contribution in [1.82, 2.24) is 30.3 Å². The molecule has 2 aliphatic heterocycles. The average Bonchev–Trinajstić information content (AvgIpc) is 4.05. The van der Waals surface area contributed by atoms with Gasteiger partial charge in [0.05, 0.1) is 35.5 Å². The van der Waals surface area contributed by atoms with Gasteiger partial charge in [-0.1, -0.05) is 78.3 Å². The third-order valence-electron chi connectivity index (χ3n) is 11.6. The van der Waals surface area contributed by atoms with Crippen LogP contribution in [-0.4, -0.2) is 153 Å². The van der Waals surface area contributed by atoms with Crippen molar-refractivity contribution in [2.75, 3.05) is 80.1 Å². The number of aliphatic hydroxyl groups excluding tert-OH is 1. The summed E-state index contributed by atoms with van der Waals surface area (Å²) in [7, 11) is 8.26. The summed E-state index contributed by atoms with van der Waals surface area (Å²) in [6.07, 6.45) is 4.28. The van der Waals surface area contributed by atoms with Gasteiger partial charge in [-0.05, 0) is 96.7 Å². The van der Waals surface area contributed by atoms with Crippen molar-refractivity contribution < 1.29 is 80.0 Å². The zero-order valence-electron chi connectivity index (χ0n) is 44.6. The van der Waals surface area contributed by atoms with Crippen LogP contribution in [0.25, 0.3) is 15.8 Å². The number of amides is 1. The maximum Gasteiger partial charge on any atom is 1.00 e. The van der Waals surface area contributed by atoms with E-state index in [4.69, 9.17) is 26.8 Å². The number of hydrogen-bond acceptors (Lipinski definition) is 14. The van der Waals surface area contributed by atoms with Crippen LogP contribution in [0.5, 0.6) is 5.75 Å². The number of nitrogens with one attached hydrogen (secondary N) is 3. The summed E-state index contributed by atoms with van der Waals surface area (Å²) in [5, 5.41) is 21.9. The first-order chi connectivity index (χ1) is 34.4. The minimum atomic E-state index is -1.64. The van der Waals surface area contributed by atoms with Gasteiger partial charge in [0.25, 0.3) is 0 Å². The number of carbonyl (C=O) groups is 3. The molecule has 20 heteroatoms. The number of aliphatic hydroxyl groups is 1. The van der Waals surface area contributed by atoms with Crippen molar-refractivity contribution >= 4 is 71.4 Å². The molecular formula is C53H75ClFKN10O5S2. The monoisotopic (exact) mass is 1090 g/mol. The average molecular weight is 1090 g/mol. The molecule has 0 aliphatic carbocycles. The van der Waals surface area contributed by atoms with Crippen LogP contribution in [0.15, 0.2) is 93.5 Å². The molecule has 0 unspecified atom stereocenters. The number of anilines is 1. The van der Waals surface area contributed by atoms with E-state index in [0.717, 1.165) is 82.6 Å². The molecule has 0 radical (unpaired) electrons. The second kappa shape index (κ2) is 34.3. The number of rotatable bonds is 20. The summed E-state index contributed by atoms with van der Waals surface area (Å²) >= 11 is 9.50. The molecule has 1 aromatic heterocycles. The van der Waals surface area contributed by atoms with Gasteiger partial charge in [0, 0.05) is 75.7 Å². The van der Waals surface area contributed by atoms with Crippen molar-refractivity contribution in [2.24, 2.45) is 9.98 Å². The number of aryl methyl sites for hydroxylation is 1. The Bertz CT molecular complexity index is 2360. The first kappa shape index (κ1) is 65.7. The number of likely N-dealkylation sites (N-methyl/N-ethyl adjacent to an activating group) is 2. The number of likely N-dealkylation sites (tertiary alicyclic amines) is 1. The van der Waals surface area contributed by atoms with Gasteiger partial charge in [-0.25, -0.2) is 9.37 Å². The fraction of sp³-hybridized carbons (Fsp3) is 0.472. The molecule has 4 N–H and O–H groups in total. The Morgan fingerprint density at radius 3 is 2.30 bits per heavy atom. The molecular weight excluding hydrogens is 1010 g/mol. The van der Waals surface area contributed by atoms with Crippen LogP contribution in [0.4, 0.5) is 10.1 Å². The van der Waals surface area contributed by atoms with Gasteiger partial charge in [-0.15, -0.1) is 29.6 Å². The molecule has 4 aromatic rings. The fourth-order valence-electron chi connectivity index (χ4n) is 7.68. The first-order valence-corrected chi connectivity index (χ1v) is 26.0. The van der Waals surface area contributed by atoms with Gasteiger partial charge in [-0.2, -0.15) is 0 Å². The van der Waals surface area contributed by atoms with E-state index in [1.807, 2.05) is 36.1 Å². The van der Waals surface area contributed by atoms with Crippen LogP contribution in [0.3, 0.4) is 0 Å². The molecule has 394 valence electrons. The zero-order valence-corrected chi connectivity index (χ0v) is 50.1. The Kier molecular flexibility index (Phi) is 30.9. The zero-order chi connectivity index (χ0) is 53.3. The molecule has 2 fully saturated rings. The number of aliphatic imine (C=N–C) groups is 2. The smallest absolute Gasteiger partial charge is 0.638 e. The Labute approximate surface area is 489 Å². The van der Waals surface area contributed by atoms with E-state index >= 15 is 0 Å². The van der Waals surface area contributed by atoms with E-state index in [0.29, 0.717) is 35.4 Å². The third kappa shape index (κ3) is 22.4. The molecule has 73 heavy (non-hydrogen) atoms. The van der Waals surface area contributed by atoms with Crippen molar-refractivity contribution in [3.63, 3.8) is 0 Å². The van der Waals surface area contributed by atoms with E-state index < -0.39 is 5.67 Å². The number of ether oxygens (including phenoxy) is 1. The van der Waals surface area contributed by atoms with Crippen LogP contribution in [-0.2, 0) is 28.4 Å². The quantitative estimate of drug-likeness (QED) is 0.0275. The summed E-state index contributed by atoms with van der Waals surface area (Å²) in [4.78, 5) is 54.2. The van der Waals surface area contributed by atoms with Gasteiger partial charge in [0.2, 0.25) is 5.91 Å². The maximum absolute atomic E-state index is 13.9. The number of aldehydes is 2. The second-order valence-electron chi connectivity index (χ2n) is 18.0. The molecule has 6 rings (SSSR count). The van der Waals surface area contributed by atoms with E-state index in [1.54, 1.807) is 36.6 Å². The minimum Gasteiger partial charge on any atom is -0.638 e. The van der Waals surface area contributed by atoms with Gasteiger partial charge in [-0.3, -0.25) is 29.3 Å². The summed E-state index contributed by atoms with van der Waals surface area (Å²) in [6, 6.07) is 22.4. The number of alkyl halides is 1. The van der Waals surface area contributed by atoms with E-state index in [9.17, 15) is 18.8 Å². The summed E-state index contributed by atoms with van der Waals surface area (Å²) in [5.74, 6) is 2.09. The van der Waals surface area contributed by atoms with Crippen molar-refractivity contribution in [3.05, 3.63) is 117 Å².